The number of rotatable bonds is 4. The van der Waals surface area contributed by atoms with Crippen molar-refractivity contribution >= 4 is 22.4 Å². The lowest BCUT2D eigenvalue weighted by atomic mass is 10.1. The van der Waals surface area contributed by atoms with Crippen LogP contribution in [-0.4, -0.2) is 23.0 Å². The Morgan fingerprint density at radius 2 is 2.04 bits per heavy atom. The number of aromatic nitrogens is 2. The van der Waals surface area contributed by atoms with Crippen LogP contribution in [0.15, 0.2) is 42.6 Å². The van der Waals surface area contributed by atoms with E-state index in [-0.39, 0.29) is 5.91 Å². The lowest BCUT2D eigenvalue weighted by Gasteiger charge is -2.07. The minimum atomic E-state index is -0.213. The van der Waals surface area contributed by atoms with E-state index in [0.717, 1.165) is 21.8 Å². The third-order valence-electron chi connectivity index (χ3n) is 3.58. The van der Waals surface area contributed by atoms with Crippen LogP contribution in [0.4, 0.5) is 5.13 Å². The van der Waals surface area contributed by atoms with Gasteiger partial charge in [0, 0.05) is 11.8 Å². The minimum Gasteiger partial charge on any atom is -0.496 e. The molecule has 2 heterocycles. The molecule has 0 unspecified atom stereocenters. The second kappa shape index (κ2) is 6.80. The van der Waals surface area contributed by atoms with Crippen molar-refractivity contribution in [3.8, 4) is 16.3 Å². The SMILES string of the molecule is COc1cc(C(=O)Nc2nc(C)c(-c3ccccn3)s2)ccc1C. The Bertz CT molecular complexity index is 875. The molecule has 0 saturated carbocycles. The minimum absolute atomic E-state index is 0.213. The summed E-state index contributed by atoms with van der Waals surface area (Å²) in [5, 5.41) is 3.40. The first-order valence-corrected chi connectivity index (χ1v) is 8.25. The molecular weight excluding hydrogens is 322 g/mol. The smallest absolute Gasteiger partial charge is 0.257 e. The van der Waals surface area contributed by atoms with E-state index in [0.29, 0.717) is 16.4 Å². The second-order valence-corrected chi connectivity index (χ2v) is 6.29. The molecule has 0 aliphatic rings. The van der Waals surface area contributed by atoms with Gasteiger partial charge in [-0.25, -0.2) is 4.98 Å². The topological polar surface area (TPSA) is 64.1 Å². The lowest BCUT2D eigenvalue weighted by Crippen LogP contribution is -2.12. The van der Waals surface area contributed by atoms with Crippen molar-refractivity contribution in [1.29, 1.82) is 0 Å². The Balaban J connectivity index is 1.83. The zero-order valence-corrected chi connectivity index (χ0v) is 14.5. The first kappa shape index (κ1) is 16.1. The summed E-state index contributed by atoms with van der Waals surface area (Å²) >= 11 is 1.41. The summed E-state index contributed by atoms with van der Waals surface area (Å²) in [6.45, 7) is 3.84. The van der Waals surface area contributed by atoms with E-state index >= 15 is 0 Å². The predicted molar refractivity (Wildman–Crippen MR) is 95.8 cm³/mol. The van der Waals surface area contributed by atoms with Crippen LogP contribution in [0.1, 0.15) is 21.6 Å². The number of carbonyl (C=O) groups is 1. The molecule has 2 aromatic heterocycles. The molecule has 0 aliphatic carbocycles. The largest absolute Gasteiger partial charge is 0.496 e. The number of benzene rings is 1. The summed E-state index contributed by atoms with van der Waals surface area (Å²) in [4.78, 5) is 22.1. The molecular formula is C18H17N3O2S. The van der Waals surface area contributed by atoms with Crippen LogP contribution >= 0.6 is 11.3 Å². The zero-order valence-electron chi connectivity index (χ0n) is 13.7. The number of anilines is 1. The molecule has 1 amide bonds. The highest BCUT2D eigenvalue weighted by molar-refractivity contribution is 7.19. The lowest BCUT2D eigenvalue weighted by molar-refractivity contribution is 0.102. The van der Waals surface area contributed by atoms with Gasteiger partial charge in [0.15, 0.2) is 5.13 Å². The average Bonchev–Trinajstić information content (AvgIpc) is 2.96. The first-order chi connectivity index (χ1) is 11.6. The molecule has 0 aliphatic heterocycles. The van der Waals surface area contributed by atoms with Gasteiger partial charge in [-0.05, 0) is 43.7 Å². The van der Waals surface area contributed by atoms with Gasteiger partial charge >= 0.3 is 0 Å². The molecule has 24 heavy (non-hydrogen) atoms. The Morgan fingerprint density at radius 1 is 1.21 bits per heavy atom. The van der Waals surface area contributed by atoms with Crippen molar-refractivity contribution in [2.75, 3.05) is 12.4 Å². The Labute approximate surface area is 144 Å². The molecule has 0 spiro atoms. The number of hydrogen-bond acceptors (Lipinski definition) is 5. The van der Waals surface area contributed by atoms with Gasteiger partial charge in [-0.1, -0.05) is 23.5 Å². The number of hydrogen-bond donors (Lipinski definition) is 1. The monoisotopic (exact) mass is 339 g/mol. The highest BCUT2D eigenvalue weighted by atomic mass is 32.1. The standard InChI is InChI=1S/C18H17N3O2S/c1-11-7-8-13(10-15(11)23-3)17(22)21-18-20-12(2)16(24-18)14-6-4-5-9-19-14/h4-10H,1-3H3,(H,20,21,22). The highest BCUT2D eigenvalue weighted by Gasteiger charge is 2.14. The molecule has 122 valence electrons. The molecule has 6 heteroatoms. The van der Waals surface area contributed by atoms with Crippen LogP contribution in [0, 0.1) is 13.8 Å². The van der Waals surface area contributed by atoms with Crippen LogP contribution in [0.3, 0.4) is 0 Å². The Kier molecular flexibility index (Phi) is 4.57. The maximum absolute atomic E-state index is 12.4. The van der Waals surface area contributed by atoms with Crippen molar-refractivity contribution < 1.29 is 9.53 Å². The van der Waals surface area contributed by atoms with Gasteiger partial charge in [0.1, 0.15) is 5.75 Å². The fourth-order valence-corrected chi connectivity index (χ4v) is 3.25. The molecule has 3 rings (SSSR count). The van der Waals surface area contributed by atoms with Gasteiger partial charge in [0.05, 0.1) is 23.4 Å². The second-order valence-electron chi connectivity index (χ2n) is 5.29. The van der Waals surface area contributed by atoms with E-state index in [1.54, 1.807) is 25.4 Å². The van der Waals surface area contributed by atoms with Crippen LogP contribution in [0.25, 0.3) is 10.6 Å². The van der Waals surface area contributed by atoms with Crippen LogP contribution < -0.4 is 10.1 Å². The third-order valence-corrected chi connectivity index (χ3v) is 4.68. The molecule has 0 bridgehead atoms. The van der Waals surface area contributed by atoms with Crippen molar-refractivity contribution in [1.82, 2.24) is 9.97 Å². The molecule has 0 radical (unpaired) electrons. The summed E-state index contributed by atoms with van der Waals surface area (Å²) in [6.07, 6.45) is 1.74. The van der Waals surface area contributed by atoms with Crippen molar-refractivity contribution in [3.63, 3.8) is 0 Å². The molecule has 0 saturated heterocycles. The summed E-state index contributed by atoms with van der Waals surface area (Å²) in [5.74, 6) is 0.474. The van der Waals surface area contributed by atoms with E-state index < -0.39 is 0 Å². The van der Waals surface area contributed by atoms with Gasteiger partial charge in [0.25, 0.3) is 5.91 Å². The predicted octanol–water partition coefficient (Wildman–Crippen LogP) is 4.08. The number of nitrogens with one attached hydrogen (secondary N) is 1. The molecule has 1 aromatic carbocycles. The van der Waals surface area contributed by atoms with E-state index in [1.165, 1.54) is 11.3 Å². The van der Waals surface area contributed by atoms with E-state index in [9.17, 15) is 4.79 Å². The Morgan fingerprint density at radius 3 is 2.75 bits per heavy atom. The van der Waals surface area contributed by atoms with Crippen LogP contribution in [-0.2, 0) is 0 Å². The van der Waals surface area contributed by atoms with Gasteiger partial charge in [0.2, 0.25) is 0 Å². The van der Waals surface area contributed by atoms with Crippen molar-refractivity contribution in [2.24, 2.45) is 0 Å². The Hall–Kier alpha value is -2.73. The third kappa shape index (κ3) is 3.28. The van der Waals surface area contributed by atoms with E-state index in [1.807, 2.05) is 38.1 Å². The summed E-state index contributed by atoms with van der Waals surface area (Å²) in [7, 11) is 1.59. The van der Waals surface area contributed by atoms with Gasteiger partial charge in [-0.2, -0.15) is 0 Å². The van der Waals surface area contributed by atoms with Crippen molar-refractivity contribution in [2.45, 2.75) is 13.8 Å². The normalized spacial score (nSPS) is 10.5. The fourth-order valence-electron chi connectivity index (χ4n) is 2.32. The molecule has 5 nitrogen and oxygen atoms in total. The molecule has 0 fully saturated rings. The van der Waals surface area contributed by atoms with E-state index in [2.05, 4.69) is 15.3 Å². The first-order valence-electron chi connectivity index (χ1n) is 7.43. The average molecular weight is 339 g/mol. The van der Waals surface area contributed by atoms with Crippen LogP contribution in [0.2, 0.25) is 0 Å². The highest BCUT2D eigenvalue weighted by Crippen LogP contribution is 2.31. The number of amides is 1. The number of aryl methyl sites for hydroxylation is 2. The molecule has 0 atom stereocenters. The zero-order chi connectivity index (χ0) is 17.1. The number of pyridine rings is 1. The van der Waals surface area contributed by atoms with Crippen LogP contribution in [0.5, 0.6) is 5.75 Å². The van der Waals surface area contributed by atoms with Gasteiger partial charge < -0.3 is 4.74 Å². The maximum atomic E-state index is 12.4. The van der Waals surface area contributed by atoms with Gasteiger partial charge in [-0.15, -0.1) is 0 Å². The number of methoxy groups -OCH3 is 1. The number of nitrogens with zero attached hydrogens (tertiary/aromatic N) is 2. The maximum Gasteiger partial charge on any atom is 0.257 e. The number of ether oxygens (including phenoxy) is 1. The van der Waals surface area contributed by atoms with Gasteiger partial charge in [-0.3, -0.25) is 15.1 Å². The van der Waals surface area contributed by atoms with Crippen molar-refractivity contribution in [3.05, 3.63) is 59.4 Å². The number of thiazole rings is 1. The fraction of sp³-hybridized carbons (Fsp3) is 0.167. The summed E-state index contributed by atoms with van der Waals surface area (Å²) in [5.41, 5.74) is 3.21. The molecule has 3 aromatic rings. The quantitative estimate of drug-likeness (QED) is 0.778. The summed E-state index contributed by atoms with van der Waals surface area (Å²) in [6, 6.07) is 11.1. The number of carbonyl (C=O) groups excluding carboxylic acids is 1. The summed E-state index contributed by atoms with van der Waals surface area (Å²) < 4.78 is 5.27. The molecule has 1 N–H and O–H groups in total. The van der Waals surface area contributed by atoms with E-state index in [4.69, 9.17) is 4.74 Å².